The normalized spacial score (nSPS) is 25.7. The zero-order valence-corrected chi connectivity index (χ0v) is 13.3. The highest BCUT2D eigenvalue weighted by molar-refractivity contribution is 5.84. The summed E-state index contributed by atoms with van der Waals surface area (Å²) in [4.78, 5) is 14.7. The van der Waals surface area contributed by atoms with E-state index in [2.05, 4.69) is 39.9 Å². The van der Waals surface area contributed by atoms with Gasteiger partial charge in [0.2, 0.25) is 5.91 Å². The highest BCUT2D eigenvalue weighted by Gasteiger charge is 2.43. The highest BCUT2D eigenvalue weighted by Crippen LogP contribution is 2.25. The number of nitrogens with zero attached hydrogens (tertiary/aromatic N) is 1. The Bertz CT molecular complexity index is 292. The molecule has 0 radical (unpaired) electrons. The van der Waals surface area contributed by atoms with Gasteiger partial charge < -0.3 is 9.64 Å². The lowest BCUT2D eigenvalue weighted by molar-refractivity contribution is -0.134. The first-order valence-corrected chi connectivity index (χ1v) is 7.49. The van der Waals surface area contributed by atoms with Crippen molar-refractivity contribution in [3.63, 3.8) is 0 Å². The lowest BCUT2D eigenvalue weighted by atomic mass is 10.0. The summed E-state index contributed by atoms with van der Waals surface area (Å²) in [6.07, 6.45) is 1.97. The number of hydrogen-bond donors (Lipinski definition) is 1. The van der Waals surface area contributed by atoms with E-state index in [-0.39, 0.29) is 24.2 Å². The van der Waals surface area contributed by atoms with Crippen LogP contribution in [0.3, 0.4) is 0 Å². The van der Waals surface area contributed by atoms with Gasteiger partial charge in [0, 0.05) is 7.11 Å². The first-order valence-electron chi connectivity index (χ1n) is 7.49. The molecule has 3 atom stereocenters. The van der Waals surface area contributed by atoms with Crippen LogP contribution >= 0.6 is 0 Å². The van der Waals surface area contributed by atoms with Crippen molar-refractivity contribution in [2.24, 2.45) is 11.8 Å². The Kier molecular flexibility index (Phi) is 6.27. The molecule has 1 aliphatic rings. The number of methoxy groups -OCH3 is 1. The molecule has 1 aliphatic heterocycles. The van der Waals surface area contributed by atoms with Crippen LogP contribution in [0.4, 0.5) is 0 Å². The van der Waals surface area contributed by atoms with Crippen molar-refractivity contribution in [3.8, 4) is 0 Å². The second-order valence-corrected chi connectivity index (χ2v) is 6.30. The van der Waals surface area contributed by atoms with E-state index in [1.807, 2.05) is 4.90 Å². The summed E-state index contributed by atoms with van der Waals surface area (Å²) >= 11 is 0. The van der Waals surface area contributed by atoms with Gasteiger partial charge in [-0.25, -0.2) is 0 Å². The molecular weight excluding hydrogens is 240 g/mol. The van der Waals surface area contributed by atoms with E-state index < -0.39 is 0 Å². The zero-order chi connectivity index (χ0) is 14.6. The molecule has 0 aromatic carbocycles. The van der Waals surface area contributed by atoms with Crippen molar-refractivity contribution in [2.75, 3.05) is 13.7 Å². The molecule has 4 heteroatoms. The summed E-state index contributed by atoms with van der Waals surface area (Å²) in [6.45, 7) is 11.4. The first kappa shape index (κ1) is 16.4. The summed E-state index contributed by atoms with van der Waals surface area (Å²) in [5.41, 5.74) is 0. The van der Waals surface area contributed by atoms with Gasteiger partial charge in [-0.15, -0.1) is 0 Å². The summed E-state index contributed by atoms with van der Waals surface area (Å²) in [5.74, 6) is 1.18. The maximum Gasteiger partial charge on any atom is 0.241 e. The standard InChI is InChI=1S/C15H30N2O2/c1-7-12(9-19-6)17-14(11(4)5)16-13(15(17)18)8-10(2)3/h10-14,16H,7-9H2,1-6H3. The third kappa shape index (κ3) is 3.93. The summed E-state index contributed by atoms with van der Waals surface area (Å²) in [6, 6.07) is 0.146. The number of ether oxygens (including phenoxy) is 1. The Labute approximate surface area is 117 Å². The minimum Gasteiger partial charge on any atom is -0.383 e. The van der Waals surface area contributed by atoms with Crippen LogP contribution in [0.5, 0.6) is 0 Å². The van der Waals surface area contributed by atoms with Gasteiger partial charge in [-0.1, -0.05) is 34.6 Å². The average Bonchev–Trinajstić information content (AvgIpc) is 2.64. The number of nitrogens with one attached hydrogen (secondary N) is 1. The fourth-order valence-corrected chi connectivity index (χ4v) is 2.82. The van der Waals surface area contributed by atoms with Crippen LogP contribution in [0, 0.1) is 11.8 Å². The predicted molar refractivity (Wildman–Crippen MR) is 77.8 cm³/mol. The van der Waals surface area contributed by atoms with Gasteiger partial charge in [-0.05, 0) is 24.7 Å². The Morgan fingerprint density at radius 3 is 2.37 bits per heavy atom. The number of carbonyl (C=O) groups excluding carboxylic acids is 1. The average molecular weight is 270 g/mol. The van der Waals surface area contributed by atoms with Gasteiger partial charge in [0.1, 0.15) is 0 Å². The topological polar surface area (TPSA) is 41.6 Å². The van der Waals surface area contributed by atoms with Crippen LogP contribution in [0.1, 0.15) is 47.5 Å². The van der Waals surface area contributed by atoms with Crippen LogP contribution in [0.2, 0.25) is 0 Å². The van der Waals surface area contributed by atoms with E-state index in [1.54, 1.807) is 7.11 Å². The number of hydrogen-bond acceptors (Lipinski definition) is 3. The quantitative estimate of drug-likeness (QED) is 0.771. The van der Waals surface area contributed by atoms with Crippen molar-refractivity contribution in [1.82, 2.24) is 10.2 Å². The summed E-state index contributed by atoms with van der Waals surface area (Å²) < 4.78 is 5.28. The Hall–Kier alpha value is -0.610. The second-order valence-electron chi connectivity index (χ2n) is 6.30. The van der Waals surface area contributed by atoms with Crippen LogP contribution in [-0.2, 0) is 9.53 Å². The lowest BCUT2D eigenvalue weighted by Gasteiger charge is -2.33. The third-order valence-electron chi connectivity index (χ3n) is 3.79. The van der Waals surface area contributed by atoms with Gasteiger partial charge >= 0.3 is 0 Å². The largest absolute Gasteiger partial charge is 0.383 e. The minimum atomic E-state index is -0.0293. The first-order chi connectivity index (χ1) is 8.92. The van der Waals surface area contributed by atoms with Crippen LogP contribution in [0.25, 0.3) is 0 Å². The molecule has 1 amide bonds. The molecule has 0 saturated carbocycles. The van der Waals surface area contributed by atoms with Gasteiger partial charge in [-0.2, -0.15) is 0 Å². The van der Waals surface area contributed by atoms with E-state index in [0.717, 1.165) is 12.8 Å². The van der Waals surface area contributed by atoms with Gasteiger partial charge in [0.25, 0.3) is 0 Å². The minimum absolute atomic E-state index is 0.0293. The Morgan fingerprint density at radius 1 is 1.32 bits per heavy atom. The summed E-state index contributed by atoms with van der Waals surface area (Å²) in [7, 11) is 1.70. The van der Waals surface area contributed by atoms with E-state index in [0.29, 0.717) is 18.4 Å². The number of rotatable bonds is 7. The van der Waals surface area contributed by atoms with E-state index >= 15 is 0 Å². The molecule has 0 aliphatic carbocycles. The molecule has 1 fully saturated rings. The van der Waals surface area contributed by atoms with Gasteiger partial charge in [-0.3, -0.25) is 10.1 Å². The fourth-order valence-electron chi connectivity index (χ4n) is 2.82. The fraction of sp³-hybridized carbons (Fsp3) is 0.933. The Balaban J connectivity index is 2.87. The van der Waals surface area contributed by atoms with Crippen LogP contribution in [0.15, 0.2) is 0 Å². The van der Waals surface area contributed by atoms with E-state index in [4.69, 9.17) is 4.74 Å². The van der Waals surface area contributed by atoms with E-state index in [1.165, 1.54) is 0 Å². The monoisotopic (exact) mass is 270 g/mol. The molecule has 1 heterocycles. The van der Waals surface area contributed by atoms with Crippen LogP contribution < -0.4 is 5.32 Å². The molecule has 4 nitrogen and oxygen atoms in total. The molecule has 0 spiro atoms. The lowest BCUT2D eigenvalue weighted by Crippen LogP contribution is -2.48. The summed E-state index contributed by atoms with van der Waals surface area (Å²) in [5, 5.41) is 3.52. The number of carbonyl (C=O) groups is 1. The molecule has 112 valence electrons. The Morgan fingerprint density at radius 2 is 1.95 bits per heavy atom. The maximum absolute atomic E-state index is 12.6. The van der Waals surface area contributed by atoms with Crippen molar-refractivity contribution >= 4 is 5.91 Å². The molecule has 1 N–H and O–H groups in total. The van der Waals surface area contributed by atoms with Crippen molar-refractivity contribution in [2.45, 2.75) is 65.7 Å². The zero-order valence-electron chi connectivity index (χ0n) is 13.3. The molecule has 1 rings (SSSR count). The molecule has 0 aromatic heterocycles. The smallest absolute Gasteiger partial charge is 0.241 e. The molecule has 3 unspecified atom stereocenters. The van der Waals surface area contributed by atoms with Gasteiger partial charge in [0.05, 0.1) is 24.9 Å². The molecular formula is C15H30N2O2. The van der Waals surface area contributed by atoms with Gasteiger partial charge in [0.15, 0.2) is 0 Å². The van der Waals surface area contributed by atoms with E-state index in [9.17, 15) is 4.79 Å². The molecule has 0 aromatic rings. The molecule has 19 heavy (non-hydrogen) atoms. The molecule has 1 saturated heterocycles. The van der Waals surface area contributed by atoms with Crippen LogP contribution in [-0.4, -0.2) is 42.8 Å². The van der Waals surface area contributed by atoms with Crippen molar-refractivity contribution < 1.29 is 9.53 Å². The van der Waals surface area contributed by atoms with Crippen molar-refractivity contribution in [1.29, 1.82) is 0 Å². The highest BCUT2D eigenvalue weighted by atomic mass is 16.5. The maximum atomic E-state index is 12.6. The number of amides is 1. The third-order valence-corrected chi connectivity index (χ3v) is 3.79. The second kappa shape index (κ2) is 7.25. The SMILES string of the molecule is CCC(COC)N1C(=O)C(CC(C)C)NC1C(C)C. The molecule has 0 bridgehead atoms. The van der Waals surface area contributed by atoms with Crippen molar-refractivity contribution in [3.05, 3.63) is 0 Å². The predicted octanol–water partition coefficient (Wildman–Crippen LogP) is 2.24.